The van der Waals surface area contributed by atoms with Crippen LogP contribution in [-0.4, -0.2) is 30.5 Å². The molecule has 0 radical (unpaired) electrons. The van der Waals surface area contributed by atoms with Crippen molar-refractivity contribution in [2.45, 2.75) is 25.4 Å². The topological polar surface area (TPSA) is 46.5 Å². The standard InChI is InChI=1S/C8H11F3O3/c9-8(10,11)5-7(6(12)13)1-3-14-4-2-7/h1-5H2,(H,12,13). The average Bonchev–Trinajstić information content (AvgIpc) is 2.02. The Morgan fingerprint density at radius 1 is 1.36 bits per heavy atom. The molecule has 0 unspecified atom stereocenters. The minimum Gasteiger partial charge on any atom is -0.481 e. The van der Waals surface area contributed by atoms with Gasteiger partial charge in [0.1, 0.15) is 0 Å². The zero-order valence-corrected chi connectivity index (χ0v) is 7.43. The van der Waals surface area contributed by atoms with Gasteiger partial charge in [0.25, 0.3) is 0 Å². The summed E-state index contributed by atoms with van der Waals surface area (Å²) in [4.78, 5) is 10.8. The predicted molar refractivity (Wildman–Crippen MR) is 40.8 cm³/mol. The summed E-state index contributed by atoms with van der Waals surface area (Å²) < 4.78 is 41.3. The van der Waals surface area contributed by atoms with Gasteiger partial charge in [0.05, 0.1) is 11.8 Å². The summed E-state index contributed by atoms with van der Waals surface area (Å²) in [6.45, 7) is 0.171. The van der Waals surface area contributed by atoms with Crippen LogP contribution < -0.4 is 0 Å². The van der Waals surface area contributed by atoms with Crippen molar-refractivity contribution < 1.29 is 27.8 Å². The van der Waals surface area contributed by atoms with Crippen molar-refractivity contribution in [3.05, 3.63) is 0 Å². The lowest BCUT2D eigenvalue weighted by molar-refractivity contribution is -0.188. The number of aliphatic carboxylic acids is 1. The second kappa shape index (κ2) is 3.76. The van der Waals surface area contributed by atoms with Crippen molar-refractivity contribution >= 4 is 5.97 Å². The van der Waals surface area contributed by atoms with Gasteiger partial charge in [-0.1, -0.05) is 0 Å². The van der Waals surface area contributed by atoms with Crippen LogP contribution in [0.5, 0.6) is 0 Å². The highest BCUT2D eigenvalue weighted by Gasteiger charge is 2.48. The first-order valence-corrected chi connectivity index (χ1v) is 4.24. The molecule has 3 nitrogen and oxygen atoms in total. The lowest BCUT2D eigenvalue weighted by Gasteiger charge is -2.33. The average molecular weight is 212 g/mol. The van der Waals surface area contributed by atoms with Crippen molar-refractivity contribution in [1.29, 1.82) is 0 Å². The maximum atomic E-state index is 12.1. The van der Waals surface area contributed by atoms with Gasteiger partial charge in [-0.05, 0) is 12.8 Å². The molecule has 14 heavy (non-hydrogen) atoms. The molecule has 0 bridgehead atoms. The maximum Gasteiger partial charge on any atom is 0.390 e. The van der Waals surface area contributed by atoms with Crippen molar-refractivity contribution in [2.24, 2.45) is 5.41 Å². The zero-order chi connectivity index (χ0) is 10.8. The molecule has 0 saturated carbocycles. The number of carbonyl (C=O) groups is 1. The lowest BCUT2D eigenvalue weighted by Crippen LogP contribution is -2.40. The summed E-state index contributed by atoms with van der Waals surface area (Å²) >= 11 is 0. The van der Waals surface area contributed by atoms with E-state index in [1.807, 2.05) is 0 Å². The third kappa shape index (κ3) is 2.60. The summed E-state index contributed by atoms with van der Waals surface area (Å²) in [5.41, 5.74) is -1.67. The Morgan fingerprint density at radius 3 is 2.21 bits per heavy atom. The Balaban J connectivity index is 2.76. The Kier molecular flexibility index (Phi) is 3.04. The highest BCUT2D eigenvalue weighted by atomic mass is 19.4. The fourth-order valence-corrected chi connectivity index (χ4v) is 1.61. The van der Waals surface area contributed by atoms with E-state index in [9.17, 15) is 18.0 Å². The van der Waals surface area contributed by atoms with Crippen molar-refractivity contribution in [3.63, 3.8) is 0 Å². The van der Waals surface area contributed by atoms with Crippen molar-refractivity contribution in [3.8, 4) is 0 Å². The molecular formula is C8H11F3O3. The van der Waals surface area contributed by atoms with E-state index in [2.05, 4.69) is 0 Å². The van der Waals surface area contributed by atoms with Gasteiger partial charge in [0.15, 0.2) is 0 Å². The molecule has 1 heterocycles. The number of alkyl halides is 3. The Labute approximate surface area is 78.9 Å². The summed E-state index contributed by atoms with van der Waals surface area (Å²) in [6, 6.07) is 0. The third-order valence-electron chi connectivity index (χ3n) is 2.44. The van der Waals surface area contributed by atoms with Crippen LogP contribution >= 0.6 is 0 Å². The number of carboxylic acids is 1. The van der Waals surface area contributed by atoms with E-state index in [0.29, 0.717) is 0 Å². The van der Waals surface area contributed by atoms with E-state index in [0.717, 1.165) is 0 Å². The highest BCUT2D eigenvalue weighted by molar-refractivity contribution is 5.74. The molecule has 1 rings (SSSR count). The van der Waals surface area contributed by atoms with Crippen LogP contribution in [0.1, 0.15) is 19.3 Å². The monoisotopic (exact) mass is 212 g/mol. The second-order valence-electron chi connectivity index (χ2n) is 3.49. The smallest absolute Gasteiger partial charge is 0.390 e. The summed E-state index contributed by atoms with van der Waals surface area (Å²) in [7, 11) is 0. The van der Waals surface area contributed by atoms with Gasteiger partial charge in [-0.15, -0.1) is 0 Å². The van der Waals surface area contributed by atoms with Crippen LogP contribution in [0.4, 0.5) is 13.2 Å². The first-order valence-electron chi connectivity index (χ1n) is 4.24. The van der Waals surface area contributed by atoms with Gasteiger partial charge in [-0.25, -0.2) is 0 Å². The number of carboxylic acid groups (broad SMARTS) is 1. The molecule has 1 N–H and O–H groups in total. The van der Waals surface area contributed by atoms with Crippen molar-refractivity contribution in [2.75, 3.05) is 13.2 Å². The molecule has 0 spiro atoms. The molecule has 1 aliphatic heterocycles. The predicted octanol–water partition coefficient (Wildman–Crippen LogP) is 1.82. The van der Waals surface area contributed by atoms with Gasteiger partial charge < -0.3 is 9.84 Å². The Morgan fingerprint density at radius 2 is 1.86 bits per heavy atom. The maximum absolute atomic E-state index is 12.1. The van der Waals surface area contributed by atoms with E-state index in [1.165, 1.54) is 0 Å². The number of hydrogen-bond donors (Lipinski definition) is 1. The lowest BCUT2D eigenvalue weighted by atomic mass is 9.77. The summed E-state index contributed by atoms with van der Waals surface area (Å²) in [5.74, 6) is -1.38. The number of ether oxygens (including phenoxy) is 1. The van der Waals surface area contributed by atoms with E-state index < -0.39 is 24.0 Å². The molecule has 0 aliphatic carbocycles. The summed E-state index contributed by atoms with van der Waals surface area (Å²) in [5, 5.41) is 8.80. The number of hydrogen-bond acceptors (Lipinski definition) is 2. The molecule has 0 amide bonds. The van der Waals surface area contributed by atoms with Crippen molar-refractivity contribution in [1.82, 2.24) is 0 Å². The van der Waals surface area contributed by atoms with Gasteiger partial charge in [0.2, 0.25) is 0 Å². The van der Waals surface area contributed by atoms with Gasteiger partial charge in [-0.3, -0.25) is 4.79 Å². The SMILES string of the molecule is O=C(O)C1(CC(F)(F)F)CCOCC1. The molecule has 0 aromatic rings. The molecule has 1 saturated heterocycles. The van der Waals surface area contributed by atoms with Crippen LogP contribution in [0.3, 0.4) is 0 Å². The minimum absolute atomic E-state index is 0.0676. The van der Waals surface area contributed by atoms with E-state index >= 15 is 0 Å². The normalized spacial score (nSPS) is 21.9. The van der Waals surface area contributed by atoms with E-state index in [4.69, 9.17) is 9.84 Å². The fraction of sp³-hybridized carbons (Fsp3) is 0.875. The van der Waals surface area contributed by atoms with Crippen LogP contribution in [-0.2, 0) is 9.53 Å². The first-order chi connectivity index (χ1) is 6.36. The zero-order valence-electron chi connectivity index (χ0n) is 7.43. The van der Waals surface area contributed by atoms with Gasteiger partial charge >= 0.3 is 12.1 Å². The molecule has 0 aromatic heterocycles. The highest BCUT2D eigenvalue weighted by Crippen LogP contribution is 2.41. The van der Waals surface area contributed by atoms with Crippen LogP contribution in [0.15, 0.2) is 0 Å². The molecule has 82 valence electrons. The quantitative estimate of drug-likeness (QED) is 0.759. The molecule has 0 aromatic carbocycles. The number of rotatable bonds is 2. The Bertz CT molecular complexity index is 218. The third-order valence-corrected chi connectivity index (χ3v) is 2.44. The molecule has 0 atom stereocenters. The fourth-order valence-electron chi connectivity index (χ4n) is 1.61. The van der Waals surface area contributed by atoms with Gasteiger partial charge in [0, 0.05) is 13.2 Å². The van der Waals surface area contributed by atoms with Gasteiger partial charge in [-0.2, -0.15) is 13.2 Å². The minimum atomic E-state index is -4.43. The van der Waals surface area contributed by atoms with Crippen LogP contribution in [0.25, 0.3) is 0 Å². The molecular weight excluding hydrogens is 201 g/mol. The van der Waals surface area contributed by atoms with E-state index in [-0.39, 0.29) is 26.1 Å². The molecule has 1 fully saturated rings. The number of halogens is 3. The van der Waals surface area contributed by atoms with Crippen LogP contribution in [0, 0.1) is 5.41 Å². The summed E-state index contributed by atoms with van der Waals surface area (Å²) in [6.07, 6.45) is -5.84. The van der Waals surface area contributed by atoms with Crippen LogP contribution in [0.2, 0.25) is 0 Å². The molecule has 1 aliphatic rings. The van der Waals surface area contributed by atoms with E-state index in [1.54, 1.807) is 0 Å². The molecule has 6 heteroatoms. The second-order valence-corrected chi connectivity index (χ2v) is 3.49. The Hall–Kier alpha value is -0.780. The largest absolute Gasteiger partial charge is 0.481 e. The first kappa shape index (κ1) is 11.3.